The monoisotopic (exact) mass is 278 g/mol. The van der Waals surface area contributed by atoms with E-state index in [4.69, 9.17) is 0 Å². The number of hydrogen-bond acceptors (Lipinski definition) is 4. The van der Waals surface area contributed by atoms with E-state index in [0.29, 0.717) is 25.9 Å². The highest BCUT2D eigenvalue weighted by Gasteiger charge is 2.29. The molecule has 0 atom stereocenters. The number of nitrogens with one attached hydrogen (secondary N) is 1. The molecule has 1 fully saturated rings. The third kappa shape index (κ3) is 4.91. The second-order valence-corrected chi connectivity index (χ2v) is 7.45. The number of piperidine rings is 1. The van der Waals surface area contributed by atoms with Gasteiger partial charge < -0.3 is 10.4 Å². The summed E-state index contributed by atoms with van der Waals surface area (Å²) in [5.74, 6) is -0.268. The number of nitrogens with zero attached hydrogens (tertiary/aromatic N) is 1. The highest BCUT2D eigenvalue weighted by Crippen LogP contribution is 2.19. The highest BCUT2D eigenvalue weighted by atomic mass is 32.2. The molecule has 0 aromatic heterocycles. The zero-order chi connectivity index (χ0) is 14.0. The van der Waals surface area contributed by atoms with Gasteiger partial charge in [0.15, 0.2) is 0 Å². The highest BCUT2D eigenvalue weighted by molar-refractivity contribution is 7.88. The topological polar surface area (TPSA) is 86.7 Å². The lowest BCUT2D eigenvalue weighted by Crippen LogP contribution is -2.45. The van der Waals surface area contributed by atoms with Gasteiger partial charge in [-0.15, -0.1) is 0 Å². The maximum Gasteiger partial charge on any atom is 0.223 e. The van der Waals surface area contributed by atoms with Gasteiger partial charge in [0, 0.05) is 25.6 Å². The Bertz CT molecular complexity index is 392. The van der Waals surface area contributed by atoms with Crippen molar-refractivity contribution in [3.63, 3.8) is 0 Å². The van der Waals surface area contributed by atoms with E-state index in [1.165, 1.54) is 10.6 Å². The molecule has 1 amide bonds. The minimum Gasteiger partial charge on any atom is -0.389 e. The fourth-order valence-electron chi connectivity index (χ4n) is 1.90. The van der Waals surface area contributed by atoms with Crippen LogP contribution in [0.5, 0.6) is 0 Å². The molecule has 18 heavy (non-hydrogen) atoms. The third-order valence-corrected chi connectivity index (χ3v) is 4.29. The largest absolute Gasteiger partial charge is 0.389 e. The molecule has 1 heterocycles. The van der Waals surface area contributed by atoms with Gasteiger partial charge in [0.05, 0.1) is 11.9 Å². The van der Waals surface area contributed by atoms with Crippen LogP contribution in [-0.4, -0.2) is 55.2 Å². The van der Waals surface area contributed by atoms with Gasteiger partial charge in [-0.1, -0.05) is 0 Å². The predicted octanol–water partition coefficient (Wildman–Crippen LogP) is -0.455. The van der Waals surface area contributed by atoms with Crippen molar-refractivity contribution in [1.29, 1.82) is 0 Å². The summed E-state index contributed by atoms with van der Waals surface area (Å²) in [4.78, 5) is 11.8. The van der Waals surface area contributed by atoms with Gasteiger partial charge in [0.2, 0.25) is 15.9 Å². The van der Waals surface area contributed by atoms with Gasteiger partial charge >= 0.3 is 0 Å². The maximum atomic E-state index is 11.8. The van der Waals surface area contributed by atoms with Crippen LogP contribution < -0.4 is 5.32 Å². The number of carbonyl (C=O) groups is 1. The lowest BCUT2D eigenvalue weighted by Gasteiger charge is -2.30. The van der Waals surface area contributed by atoms with Crippen molar-refractivity contribution >= 4 is 15.9 Å². The average Bonchev–Trinajstić information content (AvgIpc) is 2.24. The fourth-order valence-corrected chi connectivity index (χ4v) is 2.77. The van der Waals surface area contributed by atoms with Crippen molar-refractivity contribution in [2.24, 2.45) is 5.92 Å². The molecule has 1 aliphatic heterocycles. The molecule has 2 N–H and O–H groups in total. The Hall–Kier alpha value is -0.660. The Balaban J connectivity index is 2.41. The standard InChI is InChI=1S/C11H22N2O4S/c1-11(2,15)8-12-10(14)9-4-6-13(7-5-9)18(3,16)17/h9,15H,4-8H2,1-3H3,(H,12,14). The summed E-state index contributed by atoms with van der Waals surface area (Å²) in [6.45, 7) is 4.23. The normalized spacial score (nSPS) is 19.8. The minimum absolute atomic E-state index is 0.106. The van der Waals surface area contributed by atoms with Crippen LogP contribution in [0.15, 0.2) is 0 Å². The summed E-state index contributed by atoms with van der Waals surface area (Å²) in [6, 6.07) is 0. The Morgan fingerprint density at radius 1 is 1.39 bits per heavy atom. The molecule has 106 valence electrons. The van der Waals surface area contributed by atoms with Crippen molar-refractivity contribution in [2.75, 3.05) is 25.9 Å². The summed E-state index contributed by atoms with van der Waals surface area (Å²) in [6.07, 6.45) is 2.25. The van der Waals surface area contributed by atoms with Crippen LogP contribution in [0.1, 0.15) is 26.7 Å². The zero-order valence-electron chi connectivity index (χ0n) is 11.1. The Kier molecular flexibility index (Phi) is 4.74. The molecule has 0 bridgehead atoms. The third-order valence-electron chi connectivity index (χ3n) is 2.99. The quantitative estimate of drug-likeness (QED) is 0.729. The van der Waals surface area contributed by atoms with Crippen molar-refractivity contribution in [1.82, 2.24) is 9.62 Å². The van der Waals surface area contributed by atoms with Crippen molar-refractivity contribution < 1.29 is 18.3 Å². The average molecular weight is 278 g/mol. The van der Waals surface area contributed by atoms with Gasteiger partial charge in [0.25, 0.3) is 0 Å². The first-order valence-corrected chi connectivity index (χ1v) is 7.89. The minimum atomic E-state index is -3.15. The molecule has 1 saturated heterocycles. The fraction of sp³-hybridized carbons (Fsp3) is 0.909. The number of hydrogen-bond donors (Lipinski definition) is 2. The first-order valence-electron chi connectivity index (χ1n) is 6.05. The molecule has 1 rings (SSSR count). The van der Waals surface area contributed by atoms with E-state index in [-0.39, 0.29) is 18.4 Å². The number of aliphatic hydroxyl groups is 1. The summed E-state index contributed by atoms with van der Waals surface area (Å²) in [7, 11) is -3.15. The summed E-state index contributed by atoms with van der Waals surface area (Å²) in [5.41, 5.74) is -0.927. The zero-order valence-corrected chi connectivity index (χ0v) is 12.0. The molecule has 0 unspecified atom stereocenters. The van der Waals surface area contributed by atoms with Crippen LogP contribution in [-0.2, 0) is 14.8 Å². The van der Waals surface area contributed by atoms with Crippen LogP contribution in [0.2, 0.25) is 0 Å². The van der Waals surface area contributed by atoms with Crippen LogP contribution in [0.3, 0.4) is 0 Å². The van der Waals surface area contributed by atoms with Crippen molar-refractivity contribution in [2.45, 2.75) is 32.3 Å². The predicted molar refractivity (Wildman–Crippen MR) is 68.4 cm³/mol. The smallest absolute Gasteiger partial charge is 0.223 e. The first-order chi connectivity index (χ1) is 8.09. The SMILES string of the molecule is CC(C)(O)CNC(=O)C1CCN(S(C)(=O)=O)CC1. The molecule has 0 saturated carbocycles. The molecule has 0 aromatic rings. The van der Waals surface area contributed by atoms with Crippen LogP contribution >= 0.6 is 0 Å². The molecule has 0 spiro atoms. The van der Waals surface area contributed by atoms with E-state index in [9.17, 15) is 18.3 Å². The van der Waals surface area contributed by atoms with Crippen molar-refractivity contribution in [3.8, 4) is 0 Å². The number of rotatable bonds is 4. The number of carbonyl (C=O) groups excluding carboxylic acids is 1. The van der Waals surface area contributed by atoms with E-state index in [1.54, 1.807) is 13.8 Å². The first kappa shape index (κ1) is 15.4. The van der Waals surface area contributed by atoms with E-state index >= 15 is 0 Å². The van der Waals surface area contributed by atoms with Gasteiger partial charge in [-0.25, -0.2) is 12.7 Å². The number of amides is 1. The lowest BCUT2D eigenvalue weighted by molar-refractivity contribution is -0.127. The van der Waals surface area contributed by atoms with E-state index in [0.717, 1.165) is 0 Å². The van der Waals surface area contributed by atoms with Gasteiger partial charge in [-0.2, -0.15) is 0 Å². The second kappa shape index (κ2) is 5.54. The molecule has 0 aromatic carbocycles. The summed E-state index contributed by atoms with van der Waals surface area (Å²) < 4.78 is 24.0. The Labute approximate surface area is 108 Å². The molecular weight excluding hydrogens is 256 g/mol. The van der Waals surface area contributed by atoms with E-state index < -0.39 is 15.6 Å². The van der Waals surface area contributed by atoms with Crippen LogP contribution in [0.4, 0.5) is 0 Å². The Morgan fingerprint density at radius 2 is 1.89 bits per heavy atom. The molecule has 0 aliphatic carbocycles. The van der Waals surface area contributed by atoms with Gasteiger partial charge in [-0.3, -0.25) is 4.79 Å². The summed E-state index contributed by atoms with van der Waals surface area (Å²) in [5, 5.41) is 12.2. The molecule has 7 heteroatoms. The van der Waals surface area contributed by atoms with E-state index in [1.807, 2.05) is 0 Å². The van der Waals surface area contributed by atoms with Gasteiger partial charge in [0.1, 0.15) is 0 Å². The second-order valence-electron chi connectivity index (χ2n) is 5.47. The summed E-state index contributed by atoms with van der Waals surface area (Å²) >= 11 is 0. The van der Waals surface area contributed by atoms with Crippen LogP contribution in [0, 0.1) is 5.92 Å². The van der Waals surface area contributed by atoms with Gasteiger partial charge in [-0.05, 0) is 26.7 Å². The molecule has 0 radical (unpaired) electrons. The van der Waals surface area contributed by atoms with Crippen LogP contribution in [0.25, 0.3) is 0 Å². The maximum absolute atomic E-state index is 11.8. The van der Waals surface area contributed by atoms with E-state index in [2.05, 4.69) is 5.32 Å². The Morgan fingerprint density at radius 3 is 2.28 bits per heavy atom. The van der Waals surface area contributed by atoms with Crippen molar-refractivity contribution in [3.05, 3.63) is 0 Å². The molecule has 1 aliphatic rings. The molecule has 6 nitrogen and oxygen atoms in total. The lowest BCUT2D eigenvalue weighted by atomic mass is 9.97. The molecular formula is C11H22N2O4S. The number of sulfonamides is 1.